The van der Waals surface area contributed by atoms with Crippen LogP contribution in [-0.2, 0) is 14.3 Å². The van der Waals surface area contributed by atoms with Gasteiger partial charge in [0.2, 0.25) is 0 Å². The molecule has 0 radical (unpaired) electrons. The fourth-order valence-electron chi connectivity index (χ4n) is 3.57. The van der Waals surface area contributed by atoms with Crippen molar-refractivity contribution in [3.8, 4) is 0 Å². The van der Waals surface area contributed by atoms with Crippen molar-refractivity contribution in [1.29, 1.82) is 0 Å². The number of rotatable bonds is 14. The van der Waals surface area contributed by atoms with Crippen LogP contribution >= 0.6 is 0 Å². The third-order valence-corrected chi connectivity index (χ3v) is 5.14. The lowest BCUT2D eigenvalue weighted by Crippen LogP contribution is -2.26. The Kier molecular flexibility index (Phi) is 10.2. The molecule has 3 heteroatoms. The zero-order chi connectivity index (χ0) is 17.0. The zero-order valence-electron chi connectivity index (χ0n) is 15.3. The van der Waals surface area contributed by atoms with Crippen LogP contribution in [0.3, 0.4) is 0 Å². The van der Waals surface area contributed by atoms with Crippen molar-refractivity contribution in [2.45, 2.75) is 110 Å². The molecule has 3 nitrogen and oxygen atoms in total. The number of hydrogen-bond acceptors (Lipinski definition) is 3. The molecule has 0 aromatic heterocycles. The normalized spacial score (nSPS) is 21.0. The van der Waals surface area contributed by atoms with Gasteiger partial charge >= 0.3 is 11.9 Å². The molecule has 23 heavy (non-hydrogen) atoms. The van der Waals surface area contributed by atoms with Crippen LogP contribution in [0.2, 0.25) is 0 Å². The second-order valence-corrected chi connectivity index (χ2v) is 7.25. The molecule has 0 saturated carbocycles. The Balaban J connectivity index is 2.14. The molecule has 1 heterocycles. The van der Waals surface area contributed by atoms with Crippen molar-refractivity contribution in [1.82, 2.24) is 0 Å². The summed E-state index contributed by atoms with van der Waals surface area (Å²) in [4.78, 5) is 23.5. The third-order valence-electron chi connectivity index (χ3n) is 5.14. The van der Waals surface area contributed by atoms with Crippen LogP contribution in [-0.4, -0.2) is 11.9 Å². The molecule has 1 aliphatic heterocycles. The number of carbonyl (C=O) groups is 2. The van der Waals surface area contributed by atoms with E-state index >= 15 is 0 Å². The summed E-state index contributed by atoms with van der Waals surface area (Å²) < 4.78 is 4.84. The van der Waals surface area contributed by atoms with Crippen molar-refractivity contribution in [3.05, 3.63) is 0 Å². The van der Waals surface area contributed by atoms with Crippen molar-refractivity contribution < 1.29 is 14.3 Å². The Morgan fingerprint density at radius 1 is 0.739 bits per heavy atom. The number of unbranched alkanes of at least 4 members (excludes halogenated alkanes) is 10. The first-order valence-corrected chi connectivity index (χ1v) is 9.89. The summed E-state index contributed by atoms with van der Waals surface area (Å²) in [6.45, 7) is 4.37. The predicted molar refractivity (Wildman–Crippen MR) is 94.1 cm³/mol. The van der Waals surface area contributed by atoms with E-state index in [1.54, 1.807) is 0 Å². The first kappa shape index (κ1) is 20.2. The van der Waals surface area contributed by atoms with Gasteiger partial charge in [-0.05, 0) is 12.8 Å². The van der Waals surface area contributed by atoms with E-state index in [-0.39, 0.29) is 11.9 Å². The maximum absolute atomic E-state index is 12.1. The second-order valence-electron chi connectivity index (χ2n) is 7.25. The fourth-order valence-corrected chi connectivity index (χ4v) is 3.57. The first-order chi connectivity index (χ1) is 11.1. The molecule has 1 atom stereocenters. The highest BCUT2D eigenvalue weighted by Gasteiger charge is 2.47. The lowest BCUT2D eigenvalue weighted by atomic mass is 9.77. The number of hydrogen-bond donors (Lipinski definition) is 0. The van der Waals surface area contributed by atoms with Crippen LogP contribution in [0.5, 0.6) is 0 Å². The van der Waals surface area contributed by atoms with Crippen molar-refractivity contribution in [2.24, 2.45) is 5.41 Å². The summed E-state index contributed by atoms with van der Waals surface area (Å²) in [6, 6.07) is 0. The van der Waals surface area contributed by atoms with E-state index in [2.05, 4.69) is 13.8 Å². The maximum atomic E-state index is 12.1. The van der Waals surface area contributed by atoms with E-state index in [1.807, 2.05) is 0 Å². The molecule has 0 spiro atoms. The van der Waals surface area contributed by atoms with Crippen molar-refractivity contribution in [3.63, 3.8) is 0 Å². The van der Waals surface area contributed by atoms with Gasteiger partial charge in [-0.1, -0.05) is 90.9 Å². The van der Waals surface area contributed by atoms with Gasteiger partial charge in [0.15, 0.2) is 0 Å². The quantitative estimate of drug-likeness (QED) is 0.225. The van der Waals surface area contributed by atoms with Crippen LogP contribution < -0.4 is 0 Å². The van der Waals surface area contributed by atoms with Crippen LogP contribution in [0.4, 0.5) is 0 Å². The summed E-state index contributed by atoms with van der Waals surface area (Å²) in [5.74, 6) is -0.579. The summed E-state index contributed by atoms with van der Waals surface area (Å²) in [5, 5.41) is 0. The smallest absolute Gasteiger partial charge is 0.320 e. The maximum Gasteiger partial charge on any atom is 0.320 e. The van der Waals surface area contributed by atoms with Crippen molar-refractivity contribution in [2.75, 3.05) is 0 Å². The number of esters is 2. The largest absolute Gasteiger partial charge is 0.393 e. The van der Waals surface area contributed by atoms with Gasteiger partial charge in [0.05, 0.1) is 11.8 Å². The first-order valence-electron chi connectivity index (χ1n) is 9.89. The van der Waals surface area contributed by atoms with E-state index in [0.29, 0.717) is 6.42 Å². The van der Waals surface area contributed by atoms with Gasteiger partial charge in [-0.15, -0.1) is 0 Å². The zero-order valence-corrected chi connectivity index (χ0v) is 15.3. The molecule has 1 rings (SSSR count). The predicted octanol–water partition coefficient (Wildman–Crippen LogP) is 5.95. The van der Waals surface area contributed by atoms with Gasteiger partial charge < -0.3 is 4.74 Å². The van der Waals surface area contributed by atoms with Gasteiger partial charge in [0.1, 0.15) is 0 Å². The molecule has 1 fully saturated rings. The molecule has 0 aliphatic carbocycles. The highest BCUT2D eigenvalue weighted by molar-refractivity contribution is 5.97. The molecule has 1 aliphatic rings. The molecular weight excluding hydrogens is 288 g/mol. The van der Waals surface area contributed by atoms with Gasteiger partial charge in [0, 0.05) is 0 Å². The van der Waals surface area contributed by atoms with Gasteiger partial charge in [-0.3, -0.25) is 9.59 Å². The highest BCUT2D eigenvalue weighted by Crippen LogP contribution is 2.41. The summed E-state index contributed by atoms with van der Waals surface area (Å²) in [6.07, 6.45) is 16.9. The van der Waals surface area contributed by atoms with Crippen LogP contribution in [0.25, 0.3) is 0 Å². The highest BCUT2D eigenvalue weighted by atomic mass is 16.6. The van der Waals surface area contributed by atoms with Gasteiger partial charge in [0.25, 0.3) is 0 Å². The Hall–Kier alpha value is -0.860. The van der Waals surface area contributed by atoms with E-state index < -0.39 is 5.41 Å². The van der Waals surface area contributed by atoms with E-state index in [1.165, 1.54) is 57.8 Å². The molecule has 0 bridgehead atoms. The summed E-state index contributed by atoms with van der Waals surface area (Å²) in [5.41, 5.74) is -0.493. The Morgan fingerprint density at radius 3 is 1.70 bits per heavy atom. The van der Waals surface area contributed by atoms with Crippen LogP contribution in [0, 0.1) is 5.41 Å². The average Bonchev–Trinajstić information content (AvgIpc) is 2.81. The second kappa shape index (κ2) is 11.6. The Morgan fingerprint density at radius 2 is 1.22 bits per heavy atom. The van der Waals surface area contributed by atoms with E-state index in [0.717, 1.165) is 32.1 Å². The monoisotopic (exact) mass is 324 g/mol. The van der Waals surface area contributed by atoms with Gasteiger partial charge in [-0.25, -0.2) is 0 Å². The molecule has 0 N–H and O–H groups in total. The summed E-state index contributed by atoms with van der Waals surface area (Å²) in [7, 11) is 0. The topological polar surface area (TPSA) is 43.4 Å². The molecule has 134 valence electrons. The lowest BCUT2D eigenvalue weighted by molar-refractivity contribution is -0.155. The van der Waals surface area contributed by atoms with Crippen molar-refractivity contribution >= 4 is 11.9 Å². The molecule has 0 amide bonds. The molecule has 0 aromatic rings. The number of carbonyl (C=O) groups excluding carboxylic acids is 2. The van der Waals surface area contributed by atoms with E-state index in [4.69, 9.17) is 4.74 Å². The number of cyclic esters (lactones) is 2. The Bertz CT molecular complexity index is 351. The standard InChI is InChI=1S/C20H36O3/c1-3-5-7-8-9-10-11-12-13-14-16-20(15-6-4-2)17-18(21)23-19(20)22/h3-17H2,1-2H3. The number of ether oxygens (including phenoxy) is 1. The lowest BCUT2D eigenvalue weighted by Gasteiger charge is -2.23. The molecule has 1 unspecified atom stereocenters. The average molecular weight is 325 g/mol. The minimum Gasteiger partial charge on any atom is -0.393 e. The summed E-state index contributed by atoms with van der Waals surface area (Å²) >= 11 is 0. The molecule has 1 saturated heterocycles. The van der Waals surface area contributed by atoms with Crippen LogP contribution in [0.1, 0.15) is 110 Å². The SMILES string of the molecule is CCCCCCCCCCCCC1(CCCC)CC(=O)OC1=O. The minimum atomic E-state index is -0.493. The van der Waals surface area contributed by atoms with E-state index in [9.17, 15) is 9.59 Å². The molecular formula is C20H36O3. The Labute approximate surface area is 142 Å². The molecule has 0 aromatic carbocycles. The fraction of sp³-hybridized carbons (Fsp3) is 0.900. The van der Waals surface area contributed by atoms with Crippen LogP contribution in [0.15, 0.2) is 0 Å². The third kappa shape index (κ3) is 7.50. The minimum absolute atomic E-state index is 0.258. The van der Waals surface area contributed by atoms with Gasteiger partial charge in [-0.2, -0.15) is 0 Å².